The minimum Gasteiger partial charge on any atom is -0.330 e. The highest BCUT2D eigenvalue weighted by atomic mass is 15.1. The Morgan fingerprint density at radius 3 is 2.35 bits per heavy atom. The van der Waals surface area contributed by atoms with Crippen molar-refractivity contribution in [3.63, 3.8) is 0 Å². The molecule has 1 heterocycles. The van der Waals surface area contributed by atoms with Crippen LogP contribution in [0.3, 0.4) is 0 Å². The molecule has 2 nitrogen and oxygen atoms in total. The molecule has 1 aliphatic rings. The van der Waals surface area contributed by atoms with Crippen LogP contribution in [0.25, 0.3) is 0 Å². The highest BCUT2D eigenvalue weighted by Crippen LogP contribution is 2.26. The quantitative estimate of drug-likeness (QED) is 0.740. The Morgan fingerprint density at radius 2 is 1.82 bits per heavy atom. The molecule has 0 radical (unpaired) electrons. The monoisotopic (exact) mass is 240 g/mol. The minimum atomic E-state index is 0.441. The lowest BCUT2D eigenvalue weighted by Gasteiger charge is -2.32. The van der Waals surface area contributed by atoms with E-state index in [0.29, 0.717) is 5.41 Å². The molecule has 17 heavy (non-hydrogen) atoms. The summed E-state index contributed by atoms with van der Waals surface area (Å²) in [5.74, 6) is 1.000. The Hall–Kier alpha value is -0.0800. The van der Waals surface area contributed by atoms with E-state index < -0.39 is 0 Å². The van der Waals surface area contributed by atoms with Crippen LogP contribution in [0, 0.1) is 11.3 Å². The van der Waals surface area contributed by atoms with E-state index in [0.717, 1.165) is 18.9 Å². The van der Waals surface area contributed by atoms with Crippen LogP contribution in [-0.4, -0.2) is 31.1 Å². The standard InChI is InChI=1S/C15H32N2/c1-4-14-6-12-17(13-7-14)11-5-8-15(2,3)9-10-16/h14H,4-13,16H2,1-3H3. The zero-order valence-corrected chi connectivity index (χ0v) is 12.2. The average molecular weight is 240 g/mol. The van der Waals surface area contributed by atoms with Gasteiger partial charge in [-0.3, -0.25) is 0 Å². The van der Waals surface area contributed by atoms with Gasteiger partial charge in [-0.05, 0) is 69.6 Å². The SMILES string of the molecule is CCC1CCN(CCCC(C)(C)CCN)CC1. The molecule has 1 fully saturated rings. The van der Waals surface area contributed by atoms with Gasteiger partial charge in [0, 0.05) is 0 Å². The number of piperidine rings is 1. The van der Waals surface area contributed by atoms with Crippen molar-refractivity contribution >= 4 is 0 Å². The highest BCUT2D eigenvalue weighted by molar-refractivity contribution is 4.74. The van der Waals surface area contributed by atoms with E-state index >= 15 is 0 Å². The second-order valence-corrected chi connectivity index (χ2v) is 6.50. The Bertz CT molecular complexity index is 193. The van der Waals surface area contributed by atoms with Crippen molar-refractivity contribution in [1.29, 1.82) is 0 Å². The van der Waals surface area contributed by atoms with E-state index in [9.17, 15) is 0 Å². The summed E-state index contributed by atoms with van der Waals surface area (Å²) in [6, 6.07) is 0. The summed E-state index contributed by atoms with van der Waals surface area (Å²) in [5, 5.41) is 0. The predicted molar refractivity (Wildman–Crippen MR) is 76.1 cm³/mol. The van der Waals surface area contributed by atoms with Crippen molar-refractivity contribution < 1.29 is 0 Å². The summed E-state index contributed by atoms with van der Waals surface area (Å²) in [5.41, 5.74) is 6.09. The summed E-state index contributed by atoms with van der Waals surface area (Å²) in [4.78, 5) is 2.66. The van der Waals surface area contributed by atoms with Crippen LogP contribution in [0.15, 0.2) is 0 Å². The lowest BCUT2D eigenvalue weighted by molar-refractivity contribution is 0.169. The first-order chi connectivity index (χ1) is 8.07. The first-order valence-corrected chi connectivity index (χ1v) is 7.50. The molecule has 0 amide bonds. The van der Waals surface area contributed by atoms with Crippen molar-refractivity contribution in [2.24, 2.45) is 17.1 Å². The van der Waals surface area contributed by atoms with Gasteiger partial charge in [0.1, 0.15) is 0 Å². The molecule has 2 heteroatoms. The van der Waals surface area contributed by atoms with Crippen molar-refractivity contribution in [2.45, 2.75) is 59.3 Å². The lowest BCUT2D eigenvalue weighted by atomic mass is 9.84. The molecule has 1 saturated heterocycles. The van der Waals surface area contributed by atoms with Gasteiger partial charge in [-0.1, -0.05) is 27.2 Å². The van der Waals surface area contributed by atoms with E-state index in [2.05, 4.69) is 25.7 Å². The van der Waals surface area contributed by atoms with Crippen LogP contribution in [0.5, 0.6) is 0 Å². The van der Waals surface area contributed by atoms with Crippen LogP contribution in [0.1, 0.15) is 59.3 Å². The molecule has 0 aromatic rings. The number of nitrogens with two attached hydrogens (primary N) is 1. The fourth-order valence-electron chi connectivity index (χ4n) is 2.92. The second-order valence-electron chi connectivity index (χ2n) is 6.50. The Balaban J connectivity index is 2.11. The van der Waals surface area contributed by atoms with Crippen LogP contribution in [0.4, 0.5) is 0 Å². The average Bonchev–Trinajstić information content (AvgIpc) is 2.29. The maximum atomic E-state index is 5.65. The van der Waals surface area contributed by atoms with E-state index in [1.807, 2.05) is 0 Å². The van der Waals surface area contributed by atoms with Crippen molar-refractivity contribution in [1.82, 2.24) is 4.90 Å². The molecule has 2 N–H and O–H groups in total. The zero-order chi connectivity index (χ0) is 12.7. The largest absolute Gasteiger partial charge is 0.330 e. The van der Waals surface area contributed by atoms with E-state index in [1.54, 1.807) is 0 Å². The normalized spacial score (nSPS) is 19.8. The number of rotatable bonds is 7. The van der Waals surface area contributed by atoms with Gasteiger partial charge in [0.2, 0.25) is 0 Å². The summed E-state index contributed by atoms with van der Waals surface area (Å²) in [6.45, 7) is 11.8. The molecule has 1 rings (SSSR count). The van der Waals surface area contributed by atoms with Gasteiger partial charge in [-0.25, -0.2) is 0 Å². The van der Waals surface area contributed by atoms with Gasteiger partial charge in [-0.2, -0.15) is 0 Å². The molecule has 0 atom stereocenters. The predicted octanol–water partition coefficient (Wildman–Crippen LogP) is 3.26. The number of likely N-dealkylation sites (tertiary alicyclic amines) is 1. The third-order valence-corrected chi connectivity index (χ3v) is 4.43. The minimum absolute atomic E-state index is 0.441. The topological polar surface area (TPSA) is 29.3 Å². The lowest BCUT2D eigenvalue weighted by Crippen LogP contribution is -2.34. The summed E-state index contributed by atoms with van der Waals surface area (Å²) in [7, 11) is 0. The van der Waals surface area contributed by atoms with Gasteiger partial charge in [0.15, 0.2) is 0 Å². The van der Waals surface area contributed by atoms with Crippen LogP contribution in [-0.2, 0) is 0 Å². The highest BCUT2D eigenvalue weighted by Gasteiger charge is 2.19. The molecule has 0 aromatic heterocycles. The van der Waals surface area contributed by atoms with Gasteiger partial charge in [0.25, 0.3) is 0 Å². The molecule has 102 valence electrons. The zero-order valence-electron chi connectivity index (χ0n) is 12.2. The summed E-state index contributed by atoms with van der Waals surface area (Å²) >= 11 is 0. The summed E-state index contributed by atoms with van der Waals surface area (Å²) in [6.07, 6.45) is 8.02. The van der Waals surface area contributed by atoms with Crippen molar-refractivity contribution in [2.75, 3.05) is 26.2 Å². The second kappa shape index (κ2) is 7.38. The Morgan fingerprint density at radius 1 is 1.18 bits per heavy atom. The van der Waals surface area contributed by atoms with Crippen LogP contribution in [0.2, 0.25) is 0 Å². The van der Waals surface area contributed by atoms with Crippen LogP contribution < -0.4 is 5.73 Å². The van der Waals surface area contributed by atoms with Gasteiger partial charge >= 0.3 is 0 Å². The van der Waals surface area contributed by atoms with Crippen LogP contribution >= 0.6 is 0 Å². The fourth-order valence-corrected chi connectivity index (χ4v) is 2.92. The van der Waals surface area contributed by atoms with E-state index in [1.165, 1.54) is 51.7 Å². The molecule has 0 aromatic carbocycles. The summed E-state index contributed by atoms with van der Waals surface area (Å²) < 4.78 is 0. The first-order valence-electron chi connectivity index (χ1n) is 7.50. The molecule has 1 aliphatic heterocycles. The molecule has 0 spiro atoms. The third-order valence-electron chi connectivity index (χ3n) is 4.43. The maximum Gasteiger partial charge on any atom is -0.00161 e. The molecule has 0 aliphatic carbocycles. The number of hydrogen-bond donors (Lipinski definition) is 1. The van der Waals surface area contributed by atoms with E-state index in [4.69, 9.17) is 5.73 Å². The van der Waals surface area contributed by atoms with Gasteiger partial charge in [0.05, 0.1) is 0 Å². The van der Waals surface area contributed by atoms with Crippen molar-refractivity contribution in [3.05, 3.63) is 0 Å². The van der Waals surface area contributed by atoms with Gasteiger partial charge in [-0.15, -0.1) is 0 Å². The Labute approximate surface area is 108 Å². The Kier molecular flexibility index (Phi) is 6.50. The maximum absolute atomic E-state index is 5.65. The number of hydrogen-bond acceptors (Lipinski definition) is 2. The smallest absolute Gasteiger partial charge is 0.00161 e. The molecular weight excluding hydrogens is 208 g/mol. The fraction of sp³-hybridized carbons (Fsp3) is 1.00. The van der Waals surface area contributed by atoms with Crippen molar-refractivity contribution in [3.8, 4) is 0 Å². The molecular formula is C15H32N2. The molecule has 0 bridgehead atoms. The molecule has 0 saturated carbocycles. The van der Waals surface area contributed by atoms with Gasteiger partial charge < -0.3 is 10.6 Å². The van der Waals surface area contributed by atoms with E-state index in [-0.39, 0.29) is 0 Å². The number of nitrogens with zero attached hydrogens (tertiary/aromatic N) is 1. The first kappa shape index (κ1) is 15.0. The molecule has 0 unspecified atom stereocenters. The third kappa shape index (κ3) is 5.87.